The second kappa shape index (κ2) is 6.86. The van der Waals surface area contributed by atoms with Gasteiger partial charge in [-0.2, -0.15) is 10.4 Å². The van der Waals surface area contributed by atoms with Crippen molar-refractivity contribution >= 4 is 43.8 Å². The van der Waals surface area contributed by atoms with E-state index in [1.54, 1.807) is 5.38 Å². The third-order valence-electron chi connectivity index (χ3n) is 2.45. The molecule has 1 amide bonds. The fourth-order valence-corrected chi connectivity index (χ4v) is 3.20. The van der Waals surface area contributed by atoms with Gasteiger partial charge >= 0.3 is 0 Å². The lowest BCUT2D eigenvalue weighted by molar-refractivity contribution is -0.111. The zero-order valence-electron chi connectivity index (χ0n) is 11.4. The highest BCUT2D eigenvalue weighted by Gasteiger charge is 2.15. The number of primary amides is 1. The van der Waals surface area contributed by atoms with Crippen LogP contribution in [0.5, 0.6) is 0 Å². The number of carbonyl (C=O) groups is 1. The first-order chi connectivity index (χ1) is 10.9. The molecular formula is C12H10N6O3S2. The fraction of sp³-hybridized carbons (Fsp3) is 0. The Bertz CT molecular complexity index is 867. The summed E-state index contributed by atoms with van der Waals surface area (Å²) in [5, 5.41) is 14.1. The number of nitriles is 1. The second-order valence-electron chi connectivity index (χ2n) is 4.02. The molecule has 1 aromatic heterocycles. The number of rotatable bonds is 6. The number of carbonyl (C=O) groups excluding carboxylic acids is 1. The molecule has 0 fully saturated rings. The zero-order chi connectivity index (χ0) is 16.9. The number of nitrogens with one attached hydrogen (secondary N) is 2. The number of amides is 1. The van der Waals surface area contributed by atoms with Crippen molar-refractivity contribution in [2.75, 3.05) is 10.1 Å². The lowest BCUT2D eigenvalue weighted by atomic mass is 10.3. The van der Waals surface area contributed by atoms with Gasteiger partial charge in [0.2, 0.25) is 5.71 Å². The third kappa shape index (κ3) is 4.25. The summed E-state index contributed by atoms with van der Waals surface area (Å²) in [5.74, 6) is -0.966. The minimum atomic E-state index is -3.74. The molecule has 1 aromatic carbocycles. The first-order valence-electron chi connectivity index (χ1n) is 5.98. The number of benzene rings is 1. The van der Waals surface area contributed by atoms with Crippen molar-refractivity contribution in [2.45, 2.75) is 4.90 Å². The second-order valence-corrected chi connectivity index (χ2v) is 6.59. The van der Waals surface area contributed by atoms with Crippen molar-refractivity contribution in [1.82, 2.24) is 4.98 Å². The molecule has 23 heavy (non-hydrogen) atoms. The van der Waals surface area contributed by atoms with E-state index in [1.807, 2.05) is 0 Å². The van der Waals surface area contributed by atoms with Gasteiger partial charge in [0.1, 0.15) is 6.07 Å². The Morgan fingerprint density at radius 3 is 2.57 bits per heavy atom. The average Bonchev–Trinajstić information content (AvgIpc) is 3.00. The highest BCUT2D eigenvalue weighted by atomic mass is 32.2. The number of nitrogens with zero attached hydrogens (tertiary/aromatic N) is 3. The van der Waals surface area contributed by atoms with Crippen molar-refractivity contribution in [3.05, 3.63) is 35.8 Å². The number of sulfonamides is 1. The van der Waals surface area contributed by atoms with Crippen molar-refractivity contribution in [1.29, 1.82) is 5.26 Å². The van der Waals surface area contributed by atoms with Crippen LogP contribution in [0.1, 0.15) is 0 Å². The predicted molar refractivity (Wildman–Crippen MR) is 85.2 cm³/mol. The summed E-state index contributed by atoms with van der Waals surface area (Å²) in [6, 6.07) is 7.06. The number of hydrogen-bond acceptors (Lipinski definition) is 8. The molecule has 0 saturated heterocycles. The number of aromatic nitrogens is 1. The predicted octanol–water partition coefficient (Wildman–Crippen LogP) is 0.721. The van der Waals surface area contributed by atoms with E-state index in [0.717, 1.165) is 11.3 Å². The molecule has 118 valence electrons. The van der Waals surface area contributed by atoms with Gasteiger partial charge in [-0.3, -0.25) is 14.9 Å². The Kier molecular flexibility index (Phi) is 4.89. The molecule has 0 aliphatic heterocycles. The monoisotopic (exact) mass is 350 g/mol. The van der Waals surface area contributed by atoms with Gasteiger partial charge in [-0.1, -0.05) is 0 Å². The van der Waals surface area contributed by atoms with Crippen LogP contribution in [-0.4, -0.2) is 25.0 Å². The fourth-order valence-electron chi connectivity index (χ4n) is 1.41. The van der Waals surface area contributed by atoms with Crippen LogP contribution < -0.4 is 15.9 Å². The Morgan fingerprint density at radius 2 is 2.04 bits per heavy atom. The molecule has 0 atom stereocenters. The van der Waals surface area contributed by atoms with Crippen LogP contribution in [0.25, 0.3) is 0 Å². The number of nitrogens with two attached hydrogens (primary N) is 1. The van der Waals surface area contributed by atoms with E-state index in [2.05, 4.69) is 20.2 Å². The molecule has 0 aliphatic rings. The van der Waals surface area contributed by atoms with Gasteiger partial charge in [0, 0.05) is 11.6 Å². The van der Waals surface area contributed by atoms with Gasteiger partial charge in [-0.15, -0.1) is 11.3 Å². The third-order valence-corrected chi connectivity index (χ3v) is 4.63. The summed E-state index contributed by atoms with van der Waals surface area (Å²) < 4.78 is 26.6. The first kappa shape index (κ1) is 16.4. The summed E-state index contributed by atoms with van der Waals surface area (Å²) in [7, 11) is -3.74. The number of hydrazone groups is 1. The molecule has 11 heteroatoms. The van der Waals surface area contributed by atoms with Crippen molar-refractivity contribution < 1.29 is 13.2 Å². The molecule has 0 saturated carbocycles. The molecule has 0 bridgehead atoms. The maximum atomic E-state index is 12.1. The summed E-state index contributed by atoms with van der Waals surface area (Å²) in [5.41, 5.74) is 7.26. The van der Waals surface area contributed by atoms with Crippen LogP contribution in [0.4, 0.5) is 10.8 Å². The van der Waals surface area contributed by atoms with Crippen molar-refractivity contribution in [3.8, 4) is 6.07 Å². The molecule has 4 N–H and O–H groups in total. The normalized spacial score (nSPS) is 11.5. The Hall–Kier alpha value is -2.97. The maximum Gasteiger partial charge on any atom is 0.280 e. The molecule has 0 unspecified atom stereocenters. The summed E-state index contributed by atoms with van der Waals surface area (Å²) >= 11 is 1.16. The zero-order valence-corrected chi connectivity index (χ0v) is 13.1. The molecule has 0 radical (unpaired) electrons. The van der Waals surface area contributed by atoms with Crippen LogP contribution in [-0.2, 0) is 14.8 Å². The summed E-state index contributed by atoms with van der Waals surface area (Å²) in [6.45, 7) is 0. The molecule has 2 rings (SSSR count). The highest BCUT2D eigenvalue weighted by molar-refractivity contribution is 7.93. The van der Waals surface area contributed by atoms with E-state index < -0.39 is 21.6 Å². The van der Waals surface area contributed by atoms with E-state index in [9.17, 15) is 13.2 Å². The first-order valence-corrected chi connectivity index (χ1v) is 8.34. The van der Waals surface area contributed by atoms with Crippen LogP contribution in [0, 0.1) is 11.3 Å². The van der Waals surface area contributed by atoms with Gasteiger partial charge in [0.25, 0.3) is 15.9 Å². The van der Waals surface area contributed by atoms with Crippen molar-refractivity contribution in [2.24, 2.45) is 10.8 Å². The topological polar surface area (TPSA) is 150 Å². The lowest BCUT2D eigenvalue weighted by Gasteiger charge is -2.06. The van der Waals surface area contributed by atoms with Gasteiger partial charge in [0.05, 0.1) is 10.6 Å². The maximum absolute atomic E-state index is 12.1. The quantitative estimate of drug-likeness (QED) is 0.516. The highest BCUT2D eigenvalue weighted by Crippen LogP contribution is 2.19. The number of thiazole rings is 1. The van der Waals surface area contributed by atoms with E-state index >= 15 is 0 Å². The molecular weight excluding hydrogens is 340 g/mol. The van der Waals surface area contributed by atoms with Crippen LogP contribution >= 0.6 is 11.3 Å². The molecule has 0 aliphatic carbocycles. The molecule has 1 heterocycles. The Balaban J connectivity index is 2.13. The largest absolute Gasteiger partial charge is 0.364 e. The number of hydrogen-bond donors (Lipinski definition) is 3. The summed E-state index contributed by atoms with van der Waals surface area (Å²) in [4.78, 5) is 14.7. The minimum Gasteiger partial charge on any atom is -0.364 e. The Morgan fingerprint density at radius 1 is 1.35 bits per heavy atom. The van der Waals surface area contributed by atoms with Gasteiger partial charge in [-0.25, -0.2) is 13.4 Å². The van der Waals surface area contributed by atoms with E-state index in [4.69, 9.17) is 11.0 Å². The molecule has 2 aromatic rings. The minimum absolute atomic E-state index is 0.0256. The van der Waals surface area contributed by atoms with Crippen LogP contribution in [0.3, 0.4) is 0 Å². The van der Waals surface area contributed by atoms with E-state index in [-0.39, 0.29) is 10.0 Å². The molecule has 9 nitrogen and oxygen atoms in total. The Labute approximate surface area is 135 Å². The SMILES string of the molecule is N#C/C(=N\Nc1ccc(S(=O)(=O)Nc2nccs2)cc1)C(N)=O. The smallest absolute Gasteiger partial charge is 0.280 e. The molecule has 0 spiro atoms. The van der Waals surface area contributed by atoms with Crippen LogP contribution in [0.2, 0.25) is 0 Å². The van der Waals surface area contributed by atoms with Gasteiger partial charge < -0.3 is 5.73 Å². The van der Waals surface area contributed by atoms with Gasteiger partial charge in [0.15, 0.2) is 5.13 Å². The summed E-state index contributed by atoms with van der Waals surface area (Å²) in [6.07, 6.45) is 1.49. The number of anilines is 2. The standard InChI is InChI=1S/C12H10N6O3S2/c13-7-10(11(14)19)17-16-8-1-3-9(4-2-8)23(20,21)18-12-15-5-6-22-12/h1-6,16H,(H2,14,19)(H,15,18)/b17-10+. The van der Waals surface area contributed by atoms with Gasteiger partial charge in [-0.05, 0) is 24.3 Å². The van der Waals surface area contributed by atoms with E-state index in [1.165, 1.54) is 36.5 Å². The van der Waals surface area contributed by atoms with Crippen molar-refractivity contribution in [3.63, 3.8) is 0 Å². The average molecular weight is 350 g/mol. The van der Waals surface area contributed by atoms with E-state index in [0.29, 0.717) is 5.69 Å². The van der Waals surface area contributed by atoms with Crippen LogP contribution in [0.15, 0.2) is 45.8 Å². The lowest BCUT2D eigenvalue weighted by Crippen LogP contribution is -2.22.